The van der Waals surface area contributed by atoms with Crippen LogP contribution in [-0.2, 0) is 10.8 Å². The summed E-state index contributed by atoms with van der Waals surface area (Å²) in [6.07, 6.45) is 7.42. The summed E-state index contributed by atoms with van der Waals surface area (Å²) in [5.74, 6) is 14.4. The Kier molecular flexibility index (Phi) is 12.4. The van der Waals surface area contributed by atoms with Crippen LogP contribution >= 0.6 is 0 Å². The fourth-order valence-electron chi connectivity index (χ4n) is 4.29. The molecule has 57 heavy (non-hydrogen) atoms. The number of urea groups is 2. The second kappa shape index (κ2) is 17.5. The maximum Gasteiger partial charge on any atom is 0.327 e. The van der Waals surface area contributed by atoms with Crippen LogP contribution < -0.4 is 32.3 Å². The predicted octanol–water partition coefficient (Wildman–Crippen LogP) is 5.59. The van der Waals surface area contributed by atoms with E-state index in [1.54, 1.807) is 43.7 Å². The predicted molar refractivity (Wildman–Crippen MR) is 214 cm³/mol. The average Bonchev–Trinajstić information content (AvgIpc) is 3.86. The lowest BCUT2D eigenvalue weighted by molar-refractivity contribution is 0.257. The first-order chi connectivity index (χ1) is 27.0. The van der Waals surface area contributed by atoms with Crippen LogP contribution in [0.5, 0.6) is 0 Å². The fraction of sp³-hybridized carbons (Fsp3) is 0.231. The van der Waals surface area contributed by atoms with Gasteiger partial charge in [-0.2, -0.15) is 0 Å². The zero-order valence-electron chi connectivity index (χ0n) is 32.2. The van der Waals surface area contributed by atoms with Gasteiger partial charge in [-0.1, -0.05) is 75.7 Å². The number of amides is 4. The van der Waals surface area contributed by atoms with Crippen LogP contribution in [0.25, 0.3) is 0 Å². The zero-order valence-corrected chi connectivity index (χ0v) is 32.2. The molecule has 0 aliphatic rings. The van der Waals surface area contributed by atoms with Crippen molar-refractivity contribution < 1.29 is 18.6 Å². The molecule has 0 atom stereocenters. The first-order valence-electron chi connectivity index (χ1n) is 17.2. The Bertz CT molecular complexity index is 2460. The van der Waals surface area contributed by atoms with Gasteiger partial charge in [0.25, 0.3) is 0 Å². The number of nitrogen functional groups attached to an aromatic ring is 2. The molecule has 18 nitrogen and oxygen atoms in total. The monoisotopic (exact) mass is 768 g/mol. The van der Waals surface area contributed by atoms with Crippen molar-refractivity contribution in [3.8, 4) is 23.7 Å². The number of hydrogen-bond acceptors (Lipinski definition) is 14. The lowest BCUT2D eigenvalue weighted by Crippen LogP contribution is -2.31. The van der Waals surface area contributed by atoms with E-state index in [1.807, 2.05) is 53.7 Å². The summed E-state index contributed by atoms with van der Waals surface area (Å²) in [6, 6.07) is 11.3. The summed E-state index contributed by atoms with van der Waals surface area (Å²) in [5.41, 5.74) is 13.5. The van der Waals surface area contributed by atoms with Crippen LogP contribution in [0.2, 0.25) is 0 Å². The van der Waals surface area contributed by atoms with E-state index in [4.69, 9.17) is 20.5 Å². The van der Waals surface area contributed by atoms with E-state index in [-0.39, 0.29) is 34.6 Å². The zero-order chi connectivity index (χ0) is 41.2. The van der Waals surface area contributed by atoms with Gasteiger partial charge in [0.2, 0.25) is 11.9 Å². The van der Waals surface area contributed by atoms with E-state index < -0.39 is 6.03 Å². The number of nitrogens with zero attached hydrogens (tertiary/aromatic N) is 9. The molecule has 0 unspecified atom stereocenters. The van der Waals surface area contributed by atoms with E-state index in [2.05, 4.69) is 79.8 Å². The number of anilines is 6. The molecule has 0 bridgehead atoms. The first-order valence-corrected chi connectivity index (χ1v) is 17.2. The molecule has 0 saturated carbocycles. The molecular formula is C39H40N14O4. The van der Waals surface area contributed by atoms with Crippen molar-refractivity contribution in [1.82, 2.24) is 40.2 Å². The molecule has 0 spiro atoms. The minimum Gasteiger partial charge on any atom is -0.368 e. The van der Waals surface area contributed by atoms with Gasteiger partial charge in [-0.3, -0.25) is 15.5 Å². The van der Waals surface area contributed by atoms with Crippen molar-refractivity contribution in [3.05, 3.63) is 107 Å². The smallest absolute Gasteiger partial charge is 0.327 e. The molecular weight excluding hydrogens is 729 g/mol. The molecule has 0 radical (unpaired) electrons. The SMILES string of the molecule is CC(C)(C)c1cc(NC(=O)Nc2cc(C#Cc3cnc(N)nc3)ncn2)no1.CN(C(=O)Nc1cccc(C#Cc2cnc(N)nc2)c1)c1cc(C(C)(C)C)on1. The molecule has 0 aliphatic heterocycles. The molecule has 0 aliphatic carbocycles. The molecule has 6 rings (SSSR count). The molecule has 5 aromatic heterocycles. The highest BCUT2D eigenvalue weighted by Gasteiger charge is 2.23. The summed E-state index contributed by atoms with van der Waals surface area (Å²) in [6.45, 7) is 12.0. The number of hydrogen-bond donors (Lipinski definition) is 5. The second-order valence-electron chi connectivity index (χ2n) is 14.2. The Morgan fingerprint density at radius 2 is 1.21 bits per heavy atom. The van der Waals surface area contributed by atoms with Gasteiger partial charge in [0.15, 0.2) is 11.6 Å². The van der Waals surface area contributed by atoms with Crippen molar-refractivity contribution in [2.45, 2.75) is 52.4 Å². The third-order valence-corrected chi connectivity index (χ3v) is 7.43. The van der Waals surface area contributed by atoms with Gasteiger partial charge >= 0.3 is 12.1 Å². The third kappa shape index (κ3) is 12.1. The molecule has 290 valence electrons. The standard InChI is InChI=1S/C21H22N6O2.C18H18N8O2/c1-21(2,3)17-11-18(26-29-17)27(4)20(28)25-16-7-5-6-14(10-16)8-9-15-12-23-19(22)24-13-15;1-18(2,3)13-7-15(26-28-13)25-17(27)24-14-6-12(22-10-23-14)5-4-11-8-20-16(19)21-9-11/h5-7,10-13H,1-4H3,(H,25,28)(H2,22,23,24);6-10H,1-3H3,(H2,19,20,21)(H2,22,23,24,25,26,27). The van der Waals surface area contributed by atoms with Crippen molar-refractivity contribution in [3.63, 3.8) is 0 Å². The Hall–Kier alpha value is -7.86. The minimum atomic E-state index is -0.515. The van der Waals surface area contributed by atoms with E-state index in [0.717, 1.165) is 5.56 Å². The lowest BCUT2D eigenvalue weighted by Gasteiger charge is -2.15. The van der Waals surface area contributed by atoms with Crippen LogP contribution in [-0.4, -0.2) is 59.3 Å². The number of nitrogens with two attached hydrogens (primary N) is 2. The van der Waals surface area contributed by atoms with Gasteiger partial charge < -0.3 is 25.8 Å². The van der Waals surface area contributed by atoms with Gasteiger partial charge in [-0.25, -0.2) is 39.5 Å². The molecule has 0 fully saturated rings. The van der Waals surface area contributed by atoms with Crippen molar-refractivity contribution in [2.75, 3.05) is 39.4 Å². The highest BCUT2D eigenvalue weighted by Crippen LogP contribution is 2.26. The number of benzene rings is 1. The van der Waals surface area contributed by atoms with Gasteiger partial charge in [-0.15, -0.1) is 0 Å². The molecule has 5 heterocycles. The quantitative estimate of drug-likeness (QED) is 0.137. The largest absolute Gasteiger partial charge is 0.368 e. The second-order valence-corrected chi connectivity index (χ2v) is 14.2. The Morgan fingerprint density at radius 1 is 0.649 bits per heavy atom. The van der Waals surface area contributed by atoms with Gasteiger partial charge in [0.1, 0.15) is 29.4 Å². The summed E-state index contributed by atoms with van der Waals surface area (Å²) >= 11 is 0. The first kappa shape index (κ1) is 40.3. The highest BCUT2D eigenvalue weighted by atomic mass is 16.5. The van der Waals surface area contributed by atoms with E-state index in [1.165, 1.54) is 29.7 Å². The fourth-order valence-corrected chi connectivity index (χ4v) is 4.29. The molecule has 0 saturated heterocycles. The van der Waals surface area contributed by atoms with Crippen molar-refractivity contribution in [1.29, 1.82) is 0 Å². The Labute approximate surface area is 328 Å². The molecule has 4 amide bonds. The Morgan fingerprint density at radius 3 is 1.81 bits per heavy atom. The van der Waals surface area contributed by atoms with Crippen LogP contribution in [0.4, 0.5) is 44.6 Å². The summed E-state index contributed by atoms with van der Waals surface area (Å²) < 4.78 is 10.6. The van der Waals surface area contributed by atoms with Crippen molar-refractivity contribution in [2.24, 2.45) is 0 Å². The van der Waals surface area contributed by atoms with Crippen molar-refractivity contribution >= 4 is 47.1 Å². The lowest BCUT2D eigenvalue weighted by atomic mass is 9.93. The topological polar surface area (TPSA) is 255 Å². The van der Waals surface area contributed by atoms with Crippen LogP contribution in [0, 0.1) is 23.7 Å². The highest BCUT2D eigenvalue weighted by molar-refractivity contribution is 6.01. The van der Waals surface area contributed by atoms with Crippen LogP contribution in [0.15, 0.2) is 82.6 Å². The van der Waals surface area contributed by atoms with E-state index in [0.29, 0.717) is 45.7 Å². The third-order valence-electron chi connectivity index (χ3n) is 7.43. The van der Waals surface area contributed by atoms with Crippen LogP contribution in [0.1, 0.15) is 75.4 Å². The Balaban J connectivity index is 0.000000218. The van der Waals surface area contributed by atoms with Gasteiger partial charge in [0.05, 0.1) is 11.1 Å². The molecule has 7 N–H and O–H groups in total. The molecule has 6 aromatic rings. The summed E-state index contributed by atoms with van der Waals surface area (Å²) in [4.78, 5) is 49.6. The number of aromatic nitrogens is 8. The average molecular weight is 769 g/mol. The number of rotatable bonds is 4. The normalized spacial score (nSPS) is 10.7. The number of nitrogens with one attached hydrogen (secondary N) is 3. The number of carbonyl (C=O) groups is 2. The van der Waals surface area contributed by atoms with Gasteiger partial charge in [-0.05, 0) is 24.1 Å². The number of carbonyl (C=O) groups excluding carboxylic acids is 2. The maximum atomic E-state index is 12.6. The summed E-state index contributed by atoms with van der Waals surface area (Å²) in [7, 11) is 1.63. The molecule has 1 aromatic carbocycles. The van der Waals surface area contributed by atoms with Gasteiger partial charge in [0, 0.05) is 72.1 Å². The minimum absolute atomic E-state index is 0.173. The van der Waals surface area contributed by atoms with E-state index in [9.17, 15) is 9.59 Å². The maximum absolute atomic E-state index is 12.6. The molecule has 18 heteroatoms. The summed E-state index contributed by atoms with van der Waals surface area (Å²) in [5, 5.41) is 15.8. The van der Waals surface area contributed by atoms with Crippen LogP contribution in [0.3, 0.4) is 0 Å². The van der Waals surface area contributed by atoms with E-state index >= 15 is 0 Å².